The highest BCUT2D eigenvalue weighted by molar-refractivity contribution is 5.93. The van der Waals surface area contributed by atoms with Crippen LogP contribution in [0.2, 0.25) is 0 Å². The number of aromatic nitrogens is 2. The van der Waals surface area contributed by atoms with Gasteiger partial charge in [0.05, 0.1) is 41.0 Å². The van der Waals surface area contributed by atoms with Crippen molar-refractivity contribution in [2.24, 2.45) is 5.73 Å². The number of nitrogens with two attached hydrogens (primary N) is 1. The van der Waals surface area contributed by atoms with E-state index in [0.29, 0.717) is 65.8 Å². The topological polar surface area (TPSA) is 116 Å². The Kier molecular flexibility index (Phi) is 7.97. The fraction of sp³-hybridized carbons (Fsp3) is 0.448. The van der Waals surface area contributed by atoms with Gasteiger partial charge in [0.15, 0.2) is 0 Å². The zero-order valence-electron chi connectivity index (χ0n) is 22.6. The van der Waals surface area contributed by atoms with Gasteiger partial charge in [-0.15, -0.1) is 0 Å². The van der Waals surface area contributed by atoms with Crippen LogP contribution >= 0.6 is 0 Å². The number of nitrogens with one attached hydrogen (secondary N) is 1. The smallest absolute Gasteiger partial charge is 0.313 e. The van der Waals surface area contributed by atoms with Crippen LogP contribution in [0.15, 0.2) is 16.9 Å². The summed E-state index contributed by atoms with van der Waals surface area (Å²) in [5, 5.41) is 3.78. The van der Waals surface area contributed by atoms with Crippen LogP contribution in [0.25, 0.3) is 22.3 Å². The van der Waals surface area contributed by atoms with Crippen molar-refractivity contribution in [3.05, 3.63) is 61.7 Å². The molecule has 2 aromatic heterocycles. The van der Waals surface area contributed by atoms with Gasteiger partial charge < -0.3 is 20.4 Å². The van der Waals surface area contributed by atoms with Gasteiger partial charge in [0.1, 0.15) is 12.4 Å². The first-order valence-electron chi connectivity index (χ1n) is 13.3. The summed E-state index contributed by atoms with van der Waals surface area (Å²) in [6.45, 7) is 10.6. The Morgan fingerprint density at radius 1 is 1.21 bits per heavy atom. The van der Waals surface area contributed by atoms with Crippen LogP contribution in [0, 0.1) is 12.7 Å². The largest absolute Gasteiger partial charge is 0.460 e. The third-order valence-corrected chi connectivity index (χ3v) is 7.47. The first kappa shape index (κ1) is 27.4. The fourth-order valence-corrected chi connectivity index (χ4v) is 5.83. The summed E-state index contributed by atoms with van der Waals surface area (Å²) in [7, 11) is 0. The van der Waals surface area contributed by atoms with E-state index < -0.39 is 5.92 Å². The van der Waals surface area contributed by atoms with Crippen LogP contribution in [-0.2, 0) is 33.9 Å². The Balaban J connectivity index is 0.000000630. The van der Waals surface area contributed by atoms with Gasteiger partial charge in [0, 0.05) is 17.0 Å². The zero-order valence-corrected chi connectivity index (χ0v) is 22.6. The second-order valence-corrected chi connectivity index (χ2v) is 9.42. The van der Waals surface area contributed by atoms with Crippen molar-refractivity contribution in [1.82, 2.24) is 14.9 Å². The number of esters is 1. The molecule has 2 atom stereocenters. The monoisotopic (exact) mass is 522 g/mol. The van der Waals surface area contributed by atoms with Crippen molar-refractivity contribution < 1.29 is 18.7 Å². The molecule has 9 heteroatoms. The van der Waals surface area contributed by atoms with Gasteiger partial charge in [0.2, 0.25) is 6.41 Å². The van der Waals surface area contributed by atoms with Gasteiger partial charge in [-0.2, -0.15) is 0 Å². The standard InChI is InChI=1S/C25H22FN3O4.C2H7N.C2H6/c1-3-12-14-6-20-23-15(8-29(20)24(31)16(14)9-33-25(12)32)22-18(27-10-30)5-4-13-11(2)17(26)7-19(28-23)21(13)22;1-2-3;1-2/h6-7,10,12,18H,3-5,8-9H2,1-2H3,(H,27,30);2-3H2,1H3;1-2H3. The summed E-state index contributed by atoms with van der Waals surface area (Å²) in [6, 6.07) is 3.07. The van der Waals surface area contributed by atoms with Gasteiger partial charge >= 0.3 is 5.97 Å². The maximum Gasteiger partial charge on any atom is 0.313 e. The van der Waals surface area contributed by atoms with E-state index >= 15 is 0 Å². The molecule has 2 aliphatic heterocycles. The van der Waals surface area contributed by atoms with Crippen LogP contribution in [-0.4, -0.2) is 28.5 Å². The number of carbonyl (C=O) groups is 2. The van der Waals surface area contributed by atoms with Crippen LogP contribution in [0.1, 0.15) is 85.9 Å². The van der Waals surface area contributed by atoms with E-state index in [1.807, 2.05) is 33.8 Å². The molecule has 4 heterocycles. The van der Waals surface area contributed by atoms with E-state index in [2.05, 4.69) is 5.32 Å². The van der Waals surface area contributed by atoms with Crippen LogP contribution in [0.5, 0.6) is 0 Å². The Labute approximate surface area is 221 Å². The number of ether oxygens (including phenoxy) is 1. The van der Waals surface area contributed by atoms with E-state index in [1.54, 1.807) is 11.5 Å². The number of hydrogen-bond acceptors (Lipinski definition) is 6. The summed E-state index contributed by atoms with van der Waals surface area (Å²) >= 11 is 0. The summed E-state index contributed by atoms with van der Waals surface area (Å²) < 4.78 is 21.7. The molecule has 6 rings (SSSR count). The van der Waals surface area contributed by atoms with E-state index in [1.165, 1.54) is 6.07 Å². The average molecular weight is 523 g/mol. The maximum atomic E-state index is 14.8. The molecule has 0 spiro atoms. The number of pyridine rings is 2. The number of halogens is 1. The predicted octanol–water partition coefficient (Wildman–Crippen LogP) is 4.15. The third kappa shape index (κ3) is 4.18. The molecule has 38 heavy (non-hydrogen) atoms. The zero-order chi connectivity index (χ0) is 27.7. The van der Waals surface area contributed by atoms with Crippen molar-refractivity contribution in [2.75, 3.05) is 6.54 Å². The molecule has 2 unspecified atom stereocenters. The van der Waals surface area contributed by atoms with Gasteiger partial charge in [-0.05, 0) is 61.1 Å². The highest BCUT2D eigenvalue weighted by atomic mass is 19.1. The minimum absolute atomic E-state index is 0.0355. The van der Waals surface area contributed by atoms with Crippen molar-refractivity contribution >= 4 is 23.3 Å². The minimum Gasteiger partial charge on any atom is -0.460 e. The Morgan fingerprint density at radius 3 is 2.58 bits per heavy atom. The first-order chi connectivity index (χ1) is 18.4. The molecule has 3 aromatic rings. The number of aryl methyl sites for hydroxylation is 1. The summed E-state index contributed by atoms with van der Waals surface area (Å²) in [5.41, 5.74) is 10.9. The number of cyclic esters (lactones) is 1. The van der Waals surface area contributed by atoms with Crippen LogP contribution < -0.4 is 16.6 Å². The molecular weight excluding hydrogens is 487 g/mol. The molecule has 1 aliphatic carbocycles. The van der Waals surface area contributed by atoms with Gasteiger partial charge in [-0.25, -0.2) is 9.37 Å². The molecule has 0 bridgehead atoms. The number of benzene rings is 1. The maximum absolute atomic E-state index is 14.8. The Hall–Kier alpha value is -3.59. The predicted molar refractivity (Wildman–Crippen MR) is 144 cm³/mol. The number of amides is 1. The summed E-state index contributed by atoms with van der Waals surface area (Å²) in [6.07, 6.45) is 2.49. The van der Waals surface area contributed by atoms with E-state index in [-0.39, 0.29) is 30.0 Å². The quantitative estimate of drug-likeness (QED) is 0.309. The van der Waals surface area contributed by atoms with Crippen molar-refractivity contribution in [1.29, 1.82) is 0 Å². The lowest BCUT2D eigenvalue weighted by Crippen LogP contribution is -2.32. The normalized spacial score (nSPS) is 18.1. The van der Waals surface area contributed by atoms with Crippen molar-refractivity contribution in [3.8, 4) is 11.4 Å². The Morgan fingerprint density at radius 2 is 1.92 bits per heavy atom. The minimum atomic E-state index is -0.494. The molecular formula is C29H35FN4O4. The lowest BCUT2D eigenvalue weighted by molar-refractivity contribution is -0.148. The molecule has 0 fully saturated rings. The number of hydrogen-bond donors (Lipinski definition) is 2. The molecule has 202 valence electrons. The number of nitrogens with zero attached hydrogens (tertiary/aromatic N) is 2. The highest BCUT2D eigenvalue weighted by Gasteiger charge is 2.37. The summed E-state index contributed by atoms with van der Waals surface area (Å²) in [5.74, 6) is -1.13. The van der Waals surface area contributed by atoms with Crippen LogP contribution in [0.4, 0.5) is 4.39 Å². The molecule has 1 aromatic carbocycles. The molecule has 0 saturated heterocycles. The second-order valence-electron chi connectivity index (χ2n) is 9.42. The molecule has 1 amide bonds. The van der Waals surface area contributed by atoms with E-state index in [4.69, 9.17) is 15.5 Å². The molecule has 0 saturated carbocycles. The Bertz CT molecular complexity index is 1480. The van der Waals surface area contributed by atoms with E-state index in [0.717, 1.165) is 28.6 Å². The van der Waals surface area contributed by atoms with Crippen molar-refractivity contribution in [2.45, 2.75) is 79.0 Å². The molecule has 8 nitrogen and oxygen atoms in total. The SMILES string of the molecule is CC.CCC1C(=O)OCc2c1cc1n(c2=O)Cc2c-1nc1cc(F)c(C)c3c1c2C(NC=O)CC3.CCN. The average Bonchev–Trinajstić information content (AvgIpc) is 3.28. The highest BCUT2D eigenvalue weighted by Crippen LogP contribution is 2.45. The number of fused-ring (bicyclic) bond motifs is 5. The van der Waals surface area contributed by atoms with Gasteiger partial charge in [-0.1, -0.05) is 27.7 Å². The third-order valence-electron chi connectivity index (χ3n) is 7.47. The second kappa shape index (κ2) is 11.0. The van der Waals surface area contributed by atoms with Gasteiger partial charge in [-0.3, -0.25) is 14.4 Å². The molecule has 3 N–H and O–H groups in total. The molecule has 0 radical (unpaired) electrons. The summed E-state index contributed by atoms with van der Waals surface area (Å²) in [4.78, 5) is 42.0. The van der Waals surface area contributed by atoms with Crippen molar-refractivity contribution in [3.63, 3.8) is 0 Å². The van der Waals surface area contributed by atoms with Crippen LogP contribution in [0.3, 0.4) is 0 Å². The van der Waals surface area contributed by atoms with Gasteiger partial charge in [0.25, 0.3) is 5.56 Å². The fourth-order valence-electron chi connectivity index (χ4n) is 5.83. The lowest BCUT2D eigenvalue weighted by Gasteiger charge is -2.28. The lowest BCUT2D eigenvalue weighted by atomic mass is 9.82. The van der Waals surface area contributed by atoms with E-state index in [9.17, 15) is 18.8 Å². The number of carbonyl (C=O) groups excluding carboxylic acids is 2. The first-order valence-corrected chi connectivity index (χ1v) is 13.3. The number of rotatable bonds is 3. The molecule has 3 aliphatic rings.